The van der Waals surface area contributed by atoms with Gasteiger partial charge in [0.25, 0.3) is 0 Å². The van der Waals surface area contributed by atoms with Crippen molar-refractivity contribution in [3.63, 3.8) is 0 Å². The first kappa shape index (κ1) is 10.7. The summed E-state index contributed by atoms with van der Waals surface area (Å²) >= 11 is 0. The molecule has 0 amide bonds. The Hall–Kier alpha value is -1.77. The van der Waals surface area contributed by atoms with Crippen LogP contribution in [0, 0.1) is 0 Å². The average molecular weight is 218 g/mol. The molecule has 0 saturated heterocycles. The van der Waals surface area contributed by atoms with Crippen LogP contribution in [-0.2, 0) is 9.53 Å². The Labute approximate surface area is 94.7 Å². The molecule has 1 aliphatic rings. The Morgan fingerprint density at radius 3 is 2.94 bits per heavy atom. The molecule has 0 aliphatic carbocycles. The number of esters is 1. The number of ether oxygens (including phenoxy) is 2. The molecule has 3 nitrogen and oxygen atoms in total. The topological polar surface area (TPSA) is 35.5 Å². The van der Waals surface area contributed by atoms with Crippen LogP contribution < -0.4 is 4.74 Å². The van der Waals surface area contributed by atoms with Gasteiger partial charge in [-0.1, -0.05) is 29.8 Å². The van der Waals surface area contributed by atoms with Crippen molar-refractivity contribution in [3.05, 3.63) is 35.4 Å². The van der Waals surface area contributed by atoms with Crippen molar-refractivity contribution in [2.45, 2.75) is 26.6 Å². The van der Waals surface area contributed by atoms with Crippen molar-refractivity contribution >= 4 is 12.0 Å². The highest BCUT2D eigenvalue weighted by atomic mass is 16.7. The smallest absolute Gasteiger partial charge is 0.305 e. The lowest BCUT2D eigenvalue weighted by atomic mass is 10.1. The van der Waals surface area contributed by atoms with Crippen molar-refractivity contribution < 1.29 is 14.3 Å². The van der Waals surface area contributed by atoms with Gasteiger partial charge in [0.15, 0.2) is 0 Å². The van der Waals surface area contributed by atoms with Gasteiger partial charge in [-0.15, -0.1) is 0 Å². The molecule has 0 aromatic heterocycles. The Balaban J connectivity index is 2.28. The van der Waals surface area contributed by atoms with E-state index in [4.69, 9.17) is 9.47 Å². The van der Waals surface area contributed by atoms with E-state index in [1.807, 2.05) is 31.2 Å². The second-order valence-electron chi connectivity index (χ2n) is 3.89. The summed E-state index contributed by atoms with van der Waals surface area (Å²) < 4.78 is 10.7. The van der Waals surface area contributed by atoms with Crippen LogP contribution in [0.4, 0.5) is 0 Å². The molecule has 0 bridgehead atoms. The average Bonchev–Trinajstić information content (AvgIpc) is 2.33. The number of para-hydroxylation sites is 1. The predicted octanol–water partition coefficient (Wildman–Crippen LogP) is 2.76. The molecule has 0 saturated carbocycles. The Morgan fingerprint density at radius 1 is 1.44 bits per heavy atom. The molecule has 0 radical (unpaired) electrons. The van der Waals surface area contributed by atoms with Crippen LogP contribution in [0.5, 0.6) is 5.75 Å². The number of rotatable bonds is 1. The summed E-state index contributed by atoms with van der Waals surface area (Å²) in [6.07, 6.45) is 2.14. The van der Waals surface area contributed by atoms with Crippen molar-refractivity contribution in [1.29, 1.82) is 0 Å². The lowest BCUT2D eigenvalue weighted by molar-refractivity contribution is -0.160. The van der Waals surface area contributed by atoms with E-state index >= 15 is 0 Å². The number of carbonyl (C=O) groups is 1. The van der Waals surface area contributed by atoms with Gasteiger partial charge in [-0.25, -0.2) is 0 Å². The Bertz CT molecular complexity index is 435. The number of fused-ring (bicyclic) bond motifs is 1. The minimum Gasteiger partial charge on any atom is -0.454 e. The minimum atomic E-state index is -0.516. The predicted molar refractivity (Wildman–Crippen MR) is 60.9 cm³/mol. The molecule has 1 aliphatic heterocycles. The van der Waals surface area contributed by atoms with Gasteiger partial charge in [-0.2, -0.15) is 0 Å². The number of hydrogen-bond acceptors (Lipinski definition) is 3. The highest BCUT2D eigenvalue weighted by Crippen LogP contribution is 2.28. The largest absolute Gasteiger partial charge is 0.454 e. The summed E-state index contributed by atoms with van der Waals surface area (Å²) in [7, 11) is 0. The molecule has 1 aromatic carbocycles. The van der Waals surface area contributed by atoms with E-state index < -0.39 is 6.29 Å². The lowest BCUT2D eigenvalue weighted by Crippen LogP contribution is -2.22. The third-order valence-electron chi connectivity index (χ3n) is 2.37. The van der Waals surface area contributed by atoms with E-state index in [1.165, 1.54) is 6.92 Å². The number of benzene rings is 1. The molecule has 1 heterocycles. The molecular weight excluding hydrogens is 204 g/mol. The summed E-state index contributed by atoms with van der Waals surface area (Å²) in [5, 5.41) is 0. The Kier molecular flexibility index (Phi) is 2.95. The fourth-order valence-corrected chi connectivity index (χ4v) is 1.73. The number of hydrogen-bond donors (Lipinski definition) is 0. The van der Waals surface area contributed by atoms with E-state index in [2.05, 4.69) is 6.08 Å². The zero-order chi connectivity index (χ0) is 11.5. The summed E-state index contributed by atoms with van der Waals surface area (Å²) in [5.74, 6) is 0.433. The first-order valence-corrected chi connectivity index (χ1v) is 5.25. The molecule has 0 spiro atoms. The molecule has 2 rings (SSSR count). The van der Waals surface area contributed by atoms with Gasteiger partial charge < -0.3 is 9.47 Å². The molecule has 1 aromatic rings. The fourth-order valence-electron chi connectivity index (χ4n) is 1.73. The quantitative estimate of drug-likeness (QED) is 0.680. The van der Waals surface area contributed by atoms with Gasteiger partial charge in [-0.05, 0) is 13.0 Å². The summed E-state index contributed by atoms with van der Waals surface area (Å²) in [6.45, 7) is 3.39. The second kappa shape index (κ2) is 4.39. The van der Waals surface area contributed by atoms with Crippen molar-refractivity contribution in [2.24, 2.45) is 0 Å². The zero-order valence-electron chi connectivity index (χ0n) is 9.40. The van der Waals surface area contributed by atoms with E-state index in [-0.39, 0.29) is 5.97 Å². The van der Waals surface area contributed by atoms with Gasteiger partial charge in [0, 0.05) is 18.9 Å². The molecule has 1 atom stereocenters. The van der Waals surface area contributed by atoms with E-state index in [9.17, 15) is 4.79 Å². The van der Waals surface area contributed by atoms with Gasteiger partial charge in [0.2, 0.25) is 6.29 Å². The van der Waals surface area contributed by atoms with Crippen LogP contribution in [-0.4, -0.2) is 12.3 Å². The summed E-state index contributed by atoms with van der Waals surface area (Å²) in [6, 6.07) is 7.71. The van der Waals surface area contributed by atoms with Gasteiger partial charge in [0.05, 0.1) is 0 Å². The molecule has 16 heavy (non-hydrogen) atoms. The Morgan fingerprint density at radius 2 is 2.19 bits per heavy atom. The third-order valence-corrected chi connectivity index (χ3v) is 2.37. The van der Waals surface area contributed by atoms with Gasteiger partial charge in [0.1, 0.15) is 5.75 Å². The maximum absolute atomic E-state index is 10.9. The third kappa shape index (κ3) is 2.42. The molecule has 0 N–H and O–H groups in total. The van der Waals surface area contributed by atoms with Crippen LogP contribution in [0.25, 0.3) is 6.08 Å². The standard InChI is InChI=1S/C13H14O3/c1-9-7-11-5-3-4-6-12(11)16-13(8-9)15-10(2)14/h3-7,13H,8H2,1-2H3. The van der Waals surface area contributed by atoms with Crippen molar-refractivity contribution in [3.8, 4) is 5.75 Å². The monoisotopic (exact) mass is 218 g/mol. The maximum Gasteiger partial charge on any atom is 0.305 e. The summed E-state index contributed by atoms with van der Waals surface area (Å²) in [5.41, 5.74) is 2.16. The first-order chi connectivity index (χ1) is 7.65. The highest BCUT2D eigenvalue weighted by Gasteiger charge is 2.18. The first-order valence-electron chi connectivity index (χ1n) is 5.25. The normalized spacial score (nSPS) is 18.9. The molecule has 84 valence electrons. The lowest BCUT2D eigenvalue weighted by Gasteiger charge is -2.17. The van der Waals surface area contributed by atoms with Crippen LogP contribution in [0.2, 0.25) is 0 Å². The van der Waals surface area contributed by atoms with Crippen LogP contribution in [0.3, 0.4) is 0 Å². The molecular formula is C13H14O3. The van der Waals surface area contributed by atoms with E-state index in [0.29, 0.717) is 6.42 Å². The van der Waals surface area contributed by atoms with Gasteiger partial charge >= 0.3 is 5.97 Å². The fraction of sp³-hybridized carbons (Fsp3) is 0.308. The number of carbonyl (C=O) groups excluding carboxylic acids is 1. The van der Waals surface area contributed by atoms with Crippen molar-refractivity contribution in [1.82, 2.24) is 0 Å². The second-order valence-corrected chi connectivity index (χ2v) is 3.89. The molecule has 1 unspecified atom stereocenters. The maximum atomic E-state index is 10.9. The van der Waals surface area contributed by atoms with Crippen LogP contribution in [0.15, 0.2) is 29.8 Å². The summed E-state index contributed by atoms with van der Waals surface area (Å²) in [4.78, 5) is 10.9. The molecule has 3 heteroatoms. The van der Waals surface area contributed by atoms with Crippen molar-refractivity contribution in [2.75, 3.05) is 0 Å². The van der Waals surface area contributed by atoms with Crippen LogP contribution >= 0.6 is 0 Å². The highest BCUT2D eigenvalue weighted by molar-refractivity contribution is 5.66. The minimum absolute atomic E-state index is 0.322. The van der Waals surface area contributed by atoms with E-state index in [0.717, 1.165) is 16.9 Å². The van der Waals surface area contributed by atoms with Gasteiger partial charge in [-0.3, -0.25) is 4.79 Å². The molecule has 0 fully saturated rings. The van der Waals surface area contributed by atoms with Crippen LogP contribution in [0.1, 0.15) is 25.8 Å². The zero-order valence-corrected chi connectivity index (χ0v) is 9.40. The van der Waals surface area contributed by atoms with E-state index in [1.54, 1.807) is 0 Å². The SMILES string of the molecule is CC(=O)OC1CC(C)=Cc2ccccc2O1.